The van der Waals surface area contributed by atoms with Crippen molar-refractivity contribution in [2.75, 3.05) is 18.0 Å². The van der Waals surface area contributed by atoms with Gasteiger partial charge in [0.05, 0.1) is 16.4 Å². The van der Waals surface area contributed by atoms with E-state index in [1.165, 1.54) is 5.01 Å². The van der Waals surface area contributed by atoms with Gasteiger partial charge in [-0.25, -0.2) is 19.6 Å². The Bertz CT molecular complexity index is 1130. The lowest BCUT2D eigenvalue weighted by Gasteiger charge is -2.31. The molecule has 0 spiro atoms. The lowest BCUT2D eigenvalue weighted by molar-refractivity contribution is 0.301. The fourth-order valence-corrected chi connectivity index (χ4v) is 4.62. The molecule has 1 aliphatic heterocycles. The third-order valence-electron chi connectivity index (χ3n) is 5.14. The van der Waals surface area contributed by atoms with Crippen LogP contribution in [0.4, 0.5) is 5.95 Å². The van der Waals surface area contributed by atoms with Crippen molar-refractivity contribution >= 4 is 28.9 Å². The maximum Gasteiger partial charge on any atom is 0.226 e. The van der Waals surface area contributed by atoms with Crippen LogP contribution in [0.2, 0.25) is 5.15 Å². The van der Waals surface area contributed by atoms with Crippen LogP contribution in [-0.4, -0.2) is 48.2 Å². The molecule has 0 atom stereocenters. The van der Waals surface area contributed by atoms with Gasteiger partial charge >= 0.3 is 0 Å². The molecule has 0 radical (unpaired) electrons. The van der Waals surface area contributed by atoms with Crippen LogP contribution in [0.3, 0.4) is 0 Å². The molecule has 4 heterocycles. The number of halogens is 1. The summed E-state index contributed by atoms with van der Waals surface area (Å²) in [7, 11) is 0. The molecule has 31 heavy (non-hydrogen) atoms. The van der Waals surface area contributed by atoms with Gasteiger partial charge in [-0.2, -0.15) is 0 Å². The zero-order valence-corrected chi connectivity index (χ0v) is 18.1. The van der Waals surface area contributed by atoms with E-state index in [0.29, 0.717) is 23.6 Å². The summed E-state index contributed by atoms with van der Waals surface area (Å²) < 4.78 is 7.49. The number of thiazole rings is 1. The third-order valence-corrected chi connectivity index (χ3v) is 6.41. The molecule has 158 valence electrons. The van der Waals surface area contributed by atoms with Crippen LogP contribution in [-0.2, 0) is 6.61 Å². The second-order valence-corrected chi connectivity index (χ2v) is 8.43. The van der Waals surface area contributed by atoms with E-state index in [1.54, 1.807) is 34.6 Å². The second kappa shape index (κ2) is 8.94. The summed E-state index contributed by atoms with van der Waals surface area (Å²) >= 11 is 7.69. The summed E-state index contributed by atoms with van der Waals surface area (Å²) in [5.74, 6) is 1.93. The molecular formula is C20H19ClN8OS. The van der Waals surface area contributed by atoms with Crippen molar-refractivity contribution < 1.29 is 4.74 Å². The van der Waals surface area contributed by atoms with Crippen LogP contribution in [0.5, 0.6) is 5.75 Å². The van der Waals surface area contributed by atoms with Crippen molar-refractivity contribution in [2.24, 2.45) is 0 Å². The Morgan fingerprint density at radius 1 is 1.10 bits per heavy atom. The molecule has 9 nitrogen and oxygen atoms in total. The molecule has 4 aromatic rings. The van der Waals surface area contributed by atoms with Crippen LogP contribution in [0.25, 0.3) is 5.69 Å². The van der Waals surface area contributed by atoms with Gasteiger partial charge in [-0.15, -0.1) is 16.4 Å². The smallest absolute Gasteiger partial charge is 0.226 e. The van der Waals surface area contributed by atoms with Gasteiger partial charge in [0.15, 0.2) is 0 Å². The van der Waals surface area contributed by atoms with Gasteiger partial charge in [-0.05, 0) is 53.6 Å². The summed E-state index contributed by atoms with van der Waals surface area (Å²) in [6, 6.07) is 9.32. The summed E-state index contributed by atoms with van der Waals surface area (Å²) in [6.07, 6.45) is 5.28. The number of tetrazole rings is 1. The molecule has 1 fully saturated rings. The molecule has 0 amide bonds. The van der Waals surface area contributed by atoms with E-state index in [-0.39, 0.29) is 0 Å². The van der Waals surface area contributed by atoms with Crippen LogP contribution in [0, 0.1) is 0 Å². The quantitative estimate of drug-likeness (QED) is 0.408. The van der Waals surface area contributed by atoms with Crippen molar-refractivity contribution in [1.29, 1.82) is 0 Å². The SMILES string of the molecule is Clc1ccnc(N2CCC(c3nc(COc4ccc(-n5cnnn5)cc4)cs3)CC2)n1. The van der Waals surface area contributed by atoms with Crippen molar-refractivity contribution in [3.63, 3.8) is 0 Å². The third kappa shape index (κ3) is 4.64. The van der Waals surface area contributed by atoms with Gasteiger partial charge in [0.2, 0.25) is 5.95 Å². The number of ether oxygens (including phenoxy) is 1. The molecule has 11 heteroatoms. The van der Waals surface area contributed by atoms with Gasteiger partial charge in [0.1, 0.15) is 23.8 Å². The number of nitrogens with zero attached hydrogens (tertiary/aromatic N) is 8. The second-order valence-electron chi connectivity index (χ2n) is 7.15. The highest BCUT2D eigenvalue weighted by atomic mass is 35.5. The van der Waals surface area contributed by atoms with Crippen LogP contribution < -0.4 is 9.64 Å². The van der Waals surface area contributed by atoms with E-state index in [2.05, 4.69) is 35.8 Å². The predicted molar refractivity (Wildman–Crippen MR) is 117 cm³/mol. The molecule has 5 rings (SSSR count). The summed E-state index contributed by atoms with van der Waals surface area (Å²) in [6.45, 7) is 2.23. The van der Waals surface area contributed by atoms with Crippen LogP contribution in [0.1, 0.15) is 29.5 Å². The van der Waals surface area contributed by atoms with Gasteiger partial charge in [0.25, 0.3) is 0 Å². The van der Waals surface area contributed by atoms with Crippen molar-refractivity contribution in [1.82, 2.24) is 35.2 Å². The highest BCUT2D eigenvalue weighted by Gasteiger charge is 2.24. The van der Waals surface area contributed by atoms with Crippen LogP contribution in [0.15, 0.2) is 48.2 Å². The number of piperidine rings is 1. The average molecular weight is 455 g/mol. The Kier molecular flexibility index (Phi) is 5.72. The molecule has 1 saturated heterocycles. The van der Waals surface area contributed by atoms with E-state index in [4.69, 9.17) is 21.3 Å². The van der Waals surface area contributed by atoms with Gasteiger partial charge in [0, 0.05) is 30.6 Å². The number of anilines is 1. The standard InChI is InChI=1S/C20H19ClN8OS/c21-18-5-8-22-20(25-18)28-9-6-14(7-10-28)19-24-15(12-31-19)11-30-17-3-1-16(2-4-17)29-13-23-26-27-29/h1-5,8,12-14H,6-7,9-11H2. The molecule has 0 saturated carbocycles. The van der Waals surface area contributed by atoms with E-state index >= 15 is 0 Å². The minimum atomic E-state index is 0.440. The van der Waals surface area contributed by atoms with Crippen LogP contribution >= 0.6 is 22.9 Å². The number of benzene rings is 1. The van der Waals surface area contributed by atoms with Crippen molar-refractivity contribution in [2.45, 2.75) is 25.4 Å². The average Bonchev–Trinajstić information content (AvgIpc) is 3.51. The zero-order chi connectivity index (χ0) is 21.0. The van der Waals surface area contributed by atoms with E-state index in [9.17, 15) is 0 Å². The first-order valence-corrected chi connectivity index (χ1v) is 11.1. The topological polar surface area (TPSA) is 94.7 Å². The van der Waals surface area contributed by atoms with E-state index in [0.717, 1.165) is 43.1 Å². The molecule has 3 aromatic heterocycles. The number of rotatable bonds is 6. The number of hydrogen-bond donors (Lipinski definition) is 0. The maximum absolute atomic E-state index is 5.99. The Hall–Kier alpha value is -3.11. The molecule has 0 aliphatic carbocycles. The van der Waals surface area contributed by atoms with Gasteiger partial charge < -0.3 is 9.64 Å². The highest BCUT2D eigenvalue weighted by Crippen LogP contribution is 2.31. The largest absolute Gasteiger partial charge is 0.487 e. The lowest BCUT2D eigenvalue weighted by atomic mass is 9.98. The van der Waals surface area contributed by atoms with Gasteiger partial charge in [-0.1, -0.05) is 11.6 Å². The normalized spacial score (nSPS) is 14.7. The summed E-state index contributed by atoms with van der Waals surface area (Å²) in [5, 5.41) is 14.9. The maximum atomic E-state index is 5.99. The minimum absolute atomic E-state index is 0.440. The predicted octanol–water partition coefficient (Wildman–Crippen LogP) is 3.53. The number of aromatic nitrogens is 7. The van der Waals surface area contributed by atoms with Crippen molar-refractivity contribution in [3.8, 4) is 11.4 Å². The number of hydrogen-bond acceptors (Lipinski definition) is 9. The summed E-state index contributed by atoms with van der Waals surface area (Å²) in [4.78, 5) is 15.6. The summed E-state index contributed by atoms with van der Waals surface area (Å²) in [5.41, 5.74) is 1.83. The monoisotopic (exact) mass is 454 g/mol. The lowest BCUT2D eigenvalue weighted by Crippen LogP contribution is -2.34. The molecule has 1 aromatic carbocycles. The molecule has 0 bridgehead atoms. The molecular weight excluding hydrogens is 436 g/mol. The Morgan fingerprint density at radius 3 is 2.68 bits per heavy atom. The van der Waals surface area contributed by atoms with E-state index < -0.39 is 0 Å². The van der Waals surface area contributed by atoms with Crippen molar-refractivity contribution in [3.05, 3.63) is 64.1 Å². The molecule has 0 unspecified atom stereocenters. The fraction of sp³-hybridized carbons (Fsp3) is 0.300. The zero-order valence-electron chi connectivity index (χ0n) is 16.5. The fourth-order valence-electron chi connectivity index (χ4n) is 3.51. The van der Waals surface area contributed by atoms with Gasteiger partial charge in [-0.3, -0.25) is 0 Å². The molecule has 0 N–H and O–H groups in total. The van der Waals surface area contributed by atoms with E-state index in [1.807, 2.05) is 24.3 Å². The first-order chi connectivity index (χ1) is 15.2. The Balaban J connectivity index is 1.15. The first kappa shape index (κ1) is 19.8. The highest BCUT2D eigenvalue weighted by molar-refractivity contribution is 7.09. The minimum Gasteiger partial charge on any atom is -0.487 e. The first-order valence-electron chi connectivity index (χ1n) is 9.88. The Morgan fingerprint density at radius 2 is 1.94 bits per heavy atom. The molecule has 1 aliphatic rings. The Labute approximate surface area is 187 Å².